The van der Waals surface area contributed by atoms with Crippen LogP contribution in [0, 0.1) is 0 Å². The van der Waals surface area contributed by atoms with Crippen molar-refractivity contribution in [2.75, 3.05) is 0 Å². The Morgan fingerprint density at radius 2 is 1.89 bits per heavy atom. The molecule has 2 aromatic rings. The van der Waals surface area contributed by atoms with E-state index in [9.17, 15) is 13.2 Å². The predicted octanol–water partition coefficient (Wildman–Crippen LogP) is 3.26. The van der Waals surface area contributed by atoms with E-state index >= 15 is 0 Å². The van der Waals surface area contributed by atoms with E-state index in [0.717, 1.165) is 16.7 Å². The highest BCUT2D eigenvalue weighted by Crippen LogP contribution is 2.32. The topological polar surface area (TPSA) is 56.2 Å². The van der Waals surface area contributed by atoms with Crippen LogP contribution in [-0.4, -0.2) is 14.6 Å². The molecule has 0 spiro atoms. The maximum atomic E-state index is 12.6. The molecule has 0 aromatic carbocycles. The molecule has 0 saturated carbocycles. The first-order valence-corrected chi connectivity index (χ1v) is 5.05. The van der Waals surface area contributed by atoms with Gasteiger partial charge in [0.05, 0.1) is 16.6 Å². The highest BCUT2D eigenvalue weighted by atomic mass is 35.5. The number of rotatable bonds is 1. The Kier molecular flexibility index (Phi) is 5.88. The van der Waals surface area contributed by atoms with Crippen LogP contribution in [0.5, 0.6) is 0 Å². The van der Waals surface area contributed by atoms with Crippen molar-refractivity contribution in [2.45, 2.75) is 19.1 Å². The number of hydrogen-bond donors (Lipinski definition) is 1. The molecule has 0 saturated heterocycles. The van der Waals surface area contributed by atoms with E-state index < -0.39 is 17.8 Å². The van der Waals surface area contributed by atoms with Crippen molar-refractivity contribution in [1.82, 2.24) is 14.6 Å². The molecular formula is C9H10Cl3F3N4. The number of aromatic nitrogens is 3. The summed E-state index contributed by atoms with van der Waals surface area (Å²) in [5.74, 6) is 0.230. The van der Waals surface area contributed by atoms with Crippen molar-refractivity contribution in [3.8, 4) is 0 Å². The number of fused-ring (bicyclic) bond motifs is 1. The van der Waals surface area contributed by atoms with Crippen LogP contribution in [0.1, 0.15) is 24.4 Å². The Balaban J connectivity index is 0.00000162. The summed E-state index contributed by atoms with van der Waals surface area (Å²) in [6, 6.07) is 0.279. The fraction of sp³-hybridized carbons (Fsp3) is 0.333. The van der Waals surface area contributed by atoms with E-state index in [-0.39, 0.29) is 41.3 Å². The van der Waals surface area contributed by atoms with Crippen LogP contribution in [0.25, 0.3) is 5.65 Å². The highest BCUT2D eigenvalue weighted by Gasteiger charge is 2.32. The zero-order chi connectivity index (χ0) is 12.8. The second kappa shape index (κ2) is 6.13. The van der Waals surface area contributed by atoms with Gasteiger partial charge in [-0.1, -0.05) is 11.6 Å². The van der Waals surface area contributed by atoms with Crippen LogP contribution in [0.4, 0.5) is 13.2 Å². The zero-order valence-electron chi connectivity index (χ0n) is 9.48. The van der Waals surface area contributed by atoms with E-state index in [0.29, 0.717) is 0 Å². The van der Waals surface area contributed by atoms with E-state index in [1.54, 1.807) is 6.92 Å². The monoisotopic (exact) mass is 336 g/mol. The lowest BCUT2D eigenvalue weighted by Gasteiger charge is -2.09. The van der Waals surface area contributed by atoms with Gasteiger partial charge in [0.2, 0.25) is 0 Å². The molecule has 0 bridgehead atoms. The smallest absolute Gasteiger partial charge is 0.322 e. The summed E-state index contributed by atoms with van der Waals surface area (Å²) >= 11 is 5.72. The Hall–Kier alpha value is -0.760. The average Bonchev–Trinajstić information content (AvgIpc) is 2.60. The van der Waals surface area contributed by atoms with Crippen LogP contribution in [-0.2, 0) is 6.18 Å². The van der Waals surface area contributed by atoms with Gasteiger partial charge in [0.15, 0.2) is 11.5 Å². The van der Waals surface area contributed by atoms with Crippen LogP contribution in [0.2, 0.25) is 5.02 Å². The Morgan fingerprint density at radius 3 is 2.37 bits per heavy atom. The molecule has 2 rings (SSSR count). The minimum atomic E-state index is -4.47. The Bertz CT molecular complexity index is 568. The fourth-order valence-electron chi connectivity index (χ4n) is 1.44. The first kappa shape index (κ1) is 18.2. The summed E-state index contributed by atoms with van der Waals surface area (Å²) in [6.07, 6.45) is -3.59. The first-order chi connectivity index (χ1) is 7.80. The molecule has 19 heavy (non-hydrogen) atoms. The van der Waals surface area contributed by atoms with Crippen molar-refractivity contribution >= 4 is 42.1 Å². The molecular weight excluding hydrogens is 327 g/mol. The number of nitrogens with zero attached hydrogens (tertiary/aromatic N) is 3. The van der Waals surface area contributed by atoms with Gasteiger partial charge in [-0.2, -0.15) is 13.2 Å². The van der Waals surface area contributed by atoms with Crippen LogP contribution in [0.15, 0.2) is 12.3 Å². The molecule has 10 heteroatoms. The van der Waals surface area contributed by atoms with Crippen LogP contribution < -0.4 is 5.73 Å². The largest absolute Gasteiger partial charge is 0.417 e. The molecule has 0 amide bonds. The van der Waals surface area contributed by atoms with Crippen molar-refractivity contribution in [3.05, 3.63) is 28.7 Å². The number of pyridine rings is 1. The van der Waals surface area contributed by atoms with Gasteiger partial charge in [-0.05, 0) is 13.0 Å². The summed E-state index contributed by atoms with van der Waals surface area (Å²) in [7, 11) is 0. The summed E-state index contributed by atoms with van der Waals surface area (Å²) in [5, 5.41) is 7.30. The van der Waals surface area contributed by atoms with Gasteiger partial charge in [-0.15, -0.1) is 35.0 Å². The SMILES string of the molecule is CC(N)c1nnc2c(Cl)cc(C(F)(F)F)cn12.Cl.Cl. The molecule has 2 N–H and O–H groups in total. The van der Waals surface area contributed by atoms with Gasteiger partial charge < -0.3 is 5.73 Å². The minimum Gasteiger partial charge on any atom is -0.322 e. The molecule has 0 aliphatic carbocycles. The molecule has 2 heterocycles. The summed E-state index contributed by atoms with van der Waals surface area (Å²) in [5.41, 5.74) is 4.88. The normalized spacial score (nSPS) is 12.7. The summed E-state index contributed by atoms with van der Waals surface area (Å²) in [4.78, 5) is 0. The average molecular weight is 338 g/mol. The zero-order valence-corrected chi connectivity index (χ0v) is 11.9. The van der Waals surface area contributed by atoms with Gasteiger partial charge in [-0.3, -0.25) is 4.40 Å². The van der Waals surface area contributed by atoms with Crippen molar-refractivity contribution in [2.24, 2.45) is 5.73 Å². The third-order valence-corrected chi connectivity index (χ3v) is 2.50. The standard InChI is InChI=1S/C9H8ClF3N4.2ClH/c1-4(14)7-15-16-8-6(10)2-5(3-17(7)8)9(11,12)13;;/h2-4H,14H2,1H3;2*1H. The third kappa shape index (κ3) is 3.42. The van der Waals surface area contributed by atoms with E-state index in [4.69, 9.17) is 17.3 Å². The van der Waals surface area contributed by atoms with Crippen LogP contribution >= 0.6 is 36.4 Å². The molecule has 0 radical (unpaired) electrons. The molecule has 0 aliphatic heterocycles. The minimum absolute atomic E-state index is 0. The maximum absolute atomic E-state index is 12.6. The van der Waals surface area contributed by atoms with Crippen molar-refractivity contribution in [3.63, 3.8) is 0 Å². The lowest BCUT2D eigenvalue weighted by molar-refractivity contribution is -0.137. The highest BCUT2D eigenvalue weighted by molar-refractivity contribution is 6.33. The molecule has 0 aliphatic rings. The molecule has 108 valence electrons. The third-order valence-electron chi connectivity index (χ3n) is 2.22. The quantitative estimate of drug-likeness (QED) is 0.869. The summed E-state index contributed by atoms with van der Waals surface area (Å²) in [6.45, 7) is 1.60. The predicted molar refractivity (Wildman–Crippen MR) is 70.1 cm³/mol. The van der Waals surface area contributed by atoms with Gasteiger partial charge >= 0.3 is 6.18 Å². The maximum Gasteiger partial charge on any atom is 0.417 e. The van der Waals surface area contributed by atoms with Gasteiger partial charge in [0.25, 0.3) is 0 Å². The number of hydrogen-bond acceptors (Lipinski definition) is 3. The molecule has 4 nitrogen and oxygen atoms in total. The number of nitrogens with two attached hydrogens (primary N) is 1. The lowest BCUT2D eigenvalue weighted by Crippen LogP contribution is -2.12. The second-order valence-corrected chi connectivity index (χ2v) is 4.02. The van der Waals surface area contributed by atoms with E-state index in [1.165, 1.54) is 0 Å². The molecule has 2 aromatic heterocycles. The van der Waals surface area contributed by atoms with Gasteiger partial charge in [0, 0.05) is 6.20 Å². The molecule has 0 fully saturated rings. The molecule has 1 unspecified atom stereocenters. The fourth-order valence-corrected chi connectivity index (χ4v) is 1.68. The van der Waals surface area contributed by atoms with E-state index in [2.05, 4.69) is 10.2 Å². The van der Waals surface area contributed by atoms with Gasteiger partial charge in [0.1, 0.15) is 0 Å². The summed E-state index contributed by atoms with van der Waals surface area (Å²) < 4.78 is 38.9. The number of halogens is 6. The number of alkyl halides is 3. The van der Waals surface area contributed by atoms with E-state index in [1.807, 2.05) is 0 Å². The second-order valence-electron chi connectivity index (χ2n) is 3.61. The molecule has 1 atom stereocenters. The Labute approximate surface area is 123 Å². The van der Waals surface area contributed by atoms with Gasteiger partial charge in [-0.25, -0.2) is 0 Å². The first-order valence-electron chi connectivity index (χ1n) is 4.67. The van der Waals surface area contributed by atoms with Crippen molar-refractivity contribution < 1.29 is 13.2 Å². The van der Waals surface area contributed by atoms with Crippen LogP contribution in [0.3, 0.4) is 0 Å². The lowest BCUT2D eigenvalue weighted by atomic mass is 10.2. The van der Waals surface area contributed by atoms with Crippen molar-refractivity contribution in [1.29, 1.82) is 0 Å². The Morgan fingerprint density at radius 1 is 1.32 bits per heavy atom.